The second-order valence-corrected chi connectivity index (χ2v) is 4.75. The first-order valence-corrected chi connectivity index (χ1v) is 5.60. The Kier molecular flexibility index (Phi) is 6.13. The van der Waals surface area contributed by atoms with E-state index in [1.54, 1.807) is 12.2 Å². The van der Waals surface area contributed by atoms with E-state index in [9.17, 15) is 15.0 Å². The molecule has 4 nitrogen and oxygen atoms in total. The topological polar surface area (TPSA) is 77.8 Å². The predicted octanol–water partition coefficient (Wildman–Crippen LogP) is 1.88. The molecule has 0 aliphatic heterocycles. The first kappa shape index (κ1) is 15.9. The molecule has 98 valence electrons. The molecule has 0 amide bonds. The average Bonchev–Trinajstić information content (AvgIpc) is 2.21. The highest BCUT2D eigenvalue weighted by Gasteiger charge is 2.41. The van der Waals surface area contributed by atoms with Crippen molar-refractivity contribution in [3.05, 3.63) is 23.3 Å². The summed E-state index contributed by atoms with van der Waals surface area (Å²) in [5.41, 5.74) is -0.249. The Morgan fingerprint density at radius 3 is 2.00 bits per heavy atom. The molecule has 0 spiro atoms. The van der Waals surface area contributed by atoms with Gasteiger partial charge in [-0.25, -0.2) is 4.79 Å². The van der Waals surface area contributed by atoms with Gasteiger partial charge < -0.3 is 15.3 Å². The van der Waals surface area contributed by atoms with Crippen molar-refractivity contribution in [3.63, 3.8) is 0 Å². The molecule has 0 rings (SSSR count). The summed E-state index contributed by atoms with van der Waals surface area (Å²) in [5, 5.41) is 28.8. The Morgan fingerprint density at radius 1 is 1.18 bits per heavy atom. The fraction of sp³-hybridized carbons (Fsp3) is 0.615. The van der Waals surface area contributed by atoms with Crippen molar-refractivity contribution in [2.24, 2.45) is 0 Å². The van der Waals surface area contributed by atoms with Crippen LogP contribution in [0, 0.1) is 0 Å². The van der Waals surface area contributed by atoms with Gasteiger partial charge in [0.15, 0.2) is 5.60 Å². The zero-order valence-corrected chi connectivity index (χ0v) is 10.9. The summed E-state index contributed by atoms with van der Waals surface area (Å²) in [5.74, 6) is -1.40. The Balaban J connectivity index is 4.88. The number of aliphatic hydroxyl groups is 2. The van der Waals surface area contributed by atoms with Gasteiger partial charge >= 0.3 is 5.97 Å². The van der Waals surface area contributed by atoms with Crippen molar-refractivity contribution in [3.8, 4) is 0 Å². The van der Waals surface area contributed by atoms with Crippen molar-refractivity contribution < 1.29 is 20.1 Å². The van der Waals surface area contributed by atoms with Gasteiger partial charge in [-0.05, 0) is 34.1 Å². The number of allylic oxidation sites excluding steroid dienone is 2. The Morgan fingerprint density at radius 2 is 1.65 bits per heavy atom. The molecular formula is C13H22O4. The second kappa shape index (κ2) is 6.57. The van der Waals surface area contributed by atoms with Crippen molar-refractivity contribution in [1.29, 1.82) is 0 Å². The highest BCUT2D eigenvalue weighted by Crippen LogP contribution is 2.21. The van der Waals surface area contributed by atoms with E-state index in [1.807, 2.05) is 27.7 Å². The van der Waals surface area contributed by atoms with Crippen LogP contribution in [0.2, 0.25) is 0 Å². The Bertz CT molecular complexity index is 322. The lowest BCUT2D eigenvalue weighted by Gasteiger charge is -2.27. The highest BCUT2D eigenvalue weighted by atomic mass is 16.4. The smallest absolute Gasteiger partial charge is 0.338 e. The van der Waals surface area contributed by atoms with Gasteiger partial charge in [-0.2, -0.15) is 0 Å². The molecule has 17 heavy (non-hydrogen) atoms. The minimum absolute atomic E-state index is 0.0948. The van der Waals surface area contributed by atoms with Gasteiger partial charge in [0.25, 0.3) is 0 Å². The number of aliphatic hydroxyl groups excluding tert-OH is 1. The molecule has 0 aliphatic carbocycles. The molecule has 0 saturated heterocycles. The molecule has 0 heterocycles. The number of rotatable bonds is 6. The largest absolute Gasteiger partial charge is 0.479 e. The lowest BCUT2D eigenvalue weighted by molar-refractivity contribution is -0.170. The SMILES string of the molecule is CC(C)=CCC(O)C(O)(CC=C(C)C)C(=O)O. The molecule has 0 fully saturated rings. The molecule has 0 aromatic rings. The molecule has 2 unspecified atom stereocenters. The maximum Gasteiger partial charge on any atom is 0.338 e. The molecule has 0 bridgehead atoms. The number of carboxylic acid groups (broad SMARTS) is 1. The average molecular weight is 242 g/mol. The van der Waals surface area contributed by atoms with E-state index in [0.717, 1.165) is 11.1 Å². The standard InChI is InChI=1S/C13H22O4/c1-9(2)5-6-11(14)13(17,12(15)16)8-7-10(3)4/h5,7,11,14,17H,6,8H2,1-4H3,(H,15,16). The van der Waals surface area contributed by atoms with E-state index in [0.29, 0.717) is 0 Å². The Labute approximate surface area is 102 Å². The maximum absolute atomic E-state index is 11.1. The van der Waals surface area contributed by atoms with Gasteiger partial charge in [0, 0.05) is 6.42 Å². The molecule has 0 aliphatic rings. The third-order valence-corrected chi connectivity index (χ3v) is 2.49. The number of carbonyl (C=O) groups is 1. The van der Waals surface area contributed by atoms with Crippen LogP contribution in [0.15, 0.2) is 23.3 Å². The normalized spacial score (nSPS) is 15.6. The summed E-state index contributed by atoms with van der Waals surface area (Å²) in [4.78, 5) is 11.1. The van der Waals surface area contributed by atoms with Crippen LogP contribution in [0.5, 0.6) is 0 Å². The van der Waals surface area contributed by atoms with Crippen molar-refractivity contribution in [2.75, 3.05) is 0 Å². The van der Waals surface area contributed by atoms with Gasteiger partial charge in [0.1, 0.15) is 0 Å². The van der Waals surface area contributed by atoms with Gasteiger partial charge in [-0.3, -0.25) is 0 Å². The predicted molar refractivity (Wildman–Crippen MR) is 66.7 cm³/mol. The molecule has 0 aromatic heterocycles. The maximum atomic E-state index is 11.1. The van der Waals surface area contributed by atoms with E-state index in [4.69, 9.17) is 5.11 Å². The Hall–Kier alpha value is -1.13. The first-order chi connectivity index (χ1) is 7.70. The molecule has 2 atom stereocenters. The first-order valence-electron chi connectivity index (χ1n) is 5.60. The van der Waals surface area contributed by atoms with Crippen LogP contribution in [0.1, 0.15) is 40.5 Å². The zero-order chi connectivity index (χ0) is 13.6. The summed E-state index contributed by atoms with van der Waals surface area (Å²) in [6.45, 7) is 7.32. The third-order valence-electron chi connectivity index (χ3n) is 2.49. The van der Waals surface area contributed by atoms with Crippen LogP contribution in [0.3, 0.4) is 0 Å². The van der Waals surface area contributed by atoms with E-state index in [-0.39, 0.29) is 12.8 Å². The molecule has 0 radical (unpaired) electrons. The molecule has 4 heteroatoms. The van der Waals surface area contributed by atoms with Crippen LogP contribution >= 0.6 is 0 Å². The van der Waals surface area contributed by atoms with E-state index < -0.39 is 17.7 Å². The van der Waals surface area contributed by atoms with Crippen molar-refractivity contribution in [2.45, 2.75) is 52.2 Å². The monoisotopic (exact) mass is 242 g/mol. The highest BCUT2D eigenvalue weighted by molar-refractivity contribution is 5.78. The quantitative estimate of drug-likeness (QED) is 0.621. The summed E-state index contributed by atoms with van der Waals surface area (Å²) >= 11 is 0. The van der Waals surface area contributed by atoms with E-state index in [2.05, 4.69) is 0 Å². The van der Waals surface area contributed by atoms with Gasteiger partial charge in [0.2, 0.25) is 0 Å². The van der Waals surface area contributed by atoms with Crippen molar-refractivity contribution >= 4 is 5.97 Å². The number of hydrogen-bond donors (Lipinski definition) is 3. The lowest BCUT2D eigenvalue weighted by atomic mass is 9.89. The zero-order valence-electron chi connectivity index (χ0n) is 10.9. The summed E-state index contributed by atoms with van der Waals surface area (Å²) in [6, 6.07) is 0. The van der Waals surface area contributed by atoms with Gasteiger partial charge in [-0.15, -0.1) is 0 Å². The molecule has 3 N–H and O–H groups in total. The van der Waals surface area contributed by atoms with Crippen LogP contribution in [-0.4, -0.2) is 33.0 Å². The van der Waals surface area contributed by atoms with Crippen LogP contribution in [0.4, 0.5) is 0 Å². The third kappa shape index (κ3) is 5.15. The second-order valence-electron chi connectivity index (χ2n) is 4.75. The summed E-state index contributed by atoms with van der Waals surface area (Å²) in [7, 11) is 0. The fourth-order valence-corrected chi connectivity index (χ4v) is 1.27. The van der Waals surface area contributed by atoms with Gasteiger partial charge in [-0.1, -0.05) is 23.3 Å². The van der Waals surface area contributed by atoms with Crippen molar-refractivity contribution in [1.82, 2.24) is 0 Å². The molecular weight excluding hydrogens is 220 g/mol. The number of aliphatic carboxylic acids is 1. The minimum atomic E-state index is -2.12. The minimum Gasteiger partial charge on any atom is -0.479 e. The van der Waals surface area contributed by atoms with E-state index >= 15 is 0 Å². The van der Waals surface area contributed by atoms with Crippen LogP contribution in [0.25, 0.3) is 0 Å². The number of hydrogen-bond acceptors (Lipinski definition) is 3. The fourth-order valence-electron chi connectivity index (χ4n) is 1.27. The van der Waals surface area contributed by atoms with E-state index in [1.165, 1.54) is 0 Å². The number of carboxylic acids is 1. The molecule has 0 saturated carbocycles. The summed E-state index contributed by atoms with van der Waals surface area (Å²) < 4.78 is 0. The van der Waals surface area contributed by atoms with Crippen LogP contribution in [-0.2, 0) is 4.79 Å². The molecule has 0 aromatic carbocycles. The lowest BCUT2D eigenvalue weighted by Crippen LogP contribution is -2.49. The van der Waals surface area contributed by atoms with Crippen LogP contribution < -0.4 is 0 Å². The van der Waals surface area contributed by atoms with Gasteiger partial charge in [0.05, 0.1) is 6.10 Å². The summed E-state index contributed by atoms with van der Waals surface area (Å²) in [6.07, 6.45) is 2.04.